The number of imide groups is 1. The first-order valence-corrected chi connectivity index (χ1v) is 22.4. The lowest BCUT2D eigenvalue weighted by Gasteiger charge is -2.46. The van der Waals surface area contributed by atoms with E-state index in [2.05, 4.69) is 22.1 Å². The second-order valence-electron chi connectivity index (χ2n) is 16.5. The van der Waals surface area contributed by atoms with E-state index >= 15 is 14.4 Å². The van der Waals surface area contributed by atoms with Gasteiger partial charge in [0.25, 0.3) is 5.69 Å². The van der Waals surface area contributed by atoms with Crippen molar-refractivity contribution in [1.29, 1.82) is 0 Å². The van der Waals surface area contributed by atoms with Crippen molar-refractivity contribution in [2.45, 2.75) is 42.7 Å². The van der Waals surface area contributed by atoms with E-state index in [1.165, 1.54) is 53.8 Å². The molecule has 16 heteroatoms. The van der Waals surface area contributed by atoms with Crippen LogP contribution in [0.1, 0.15) is 58.0 Å². The Bertz CT molecular complexity index is 3140. The summed E-state index contributed by atoms with van der Waals surface area (Å²) in [5.41, 5.74) is 1.06. The summed E-state index contributed by atoms with van der Waals surface area (Å²) >= 11 is 1.21. The predicted molar refractivity (Wildman–Crippen MR) is 250 cm³/mol. The minimum Gasteiger partial charge on any atom is -0.508 e. The number of cyclic esters (lactones) is 1. The van der Waals surface area contributed by atoms with Crippen LogP contribution < -0.4 is 10.2 Å². The molecule has 4 heterocycles. The van der Waals surface area contributed by atoms with Gasteiger partial charge in [0.1, 0.15) is 29.9 Å². The molecule has 0 saturated carbocycles. The molecular weight excluding hydrogens is 887 g/mol. The van der Waals surface area contributed by atoms with Crippen LogP contribution >= 0.6 is 11.3 Å². The SMILES string of the molecule is O=C1O[C@@H](c2ccccc2)[C@@H](c2ccccc2)N2[C@@H](c3ccc(O)cc3)[C@]3(C(=O)N(C(=O)OCc4ccc([N+](=O)[O-])cc4)c4ccc(C#CCCO)cc43)[C@@H](C(=O)Nc3nc4ccccc4s3)[C@H]12. The molecule has 1 spiro atoms. The van der Waals surface area contributed by atoms with Crippen LogP contribution in [0.15, 0.2) is 152 Å². The van der Waals surface area contributed by atoms with Gasteiger partial charge in [-0.2, -0.15) is 0 Å². The Morgan fingerprint density at radius 2 is 1.54 bits per heavy atom. The number of hydrogen-bond donors (Lipinski definition) is 3. The van der Waals surface area contributed by atoms with Gasteiger partial charge in [-0.05, 0) is 82.4 Å². The molecule has 0 bridgehead atoms. The maximum Gasteiger partial charge on any atom is 0.421 e. The number of aromatic nitrogens is 1. The van der Waals surface area contributed by atoms with Gasteiger partial charge in [-0.3, -0.25) is 29.4 Å². The van der Waals surface area contributed by atoms with Crippen molar-refractivity contribution in [2.75, 3.05) is 16.8 Å². The van der Waals surface area contributed by atoms with Crippen LogP contribution in [0.5, 0.6) is 5.75 Å². The molecule has 68 heavy (non-hydrogen) atoms. The van der Waals surface area contributed by atoms with Gasteiger partial charge in [0, 0.05) is 24.1 Å². The number of aromatic hydroxyl groups is 1. The number of carbonyl (C=O) groups is 4. The van der Waals surface area contributed by atoms with Gasteiger partial charge in [0.05, 0.1) is 45.4 Å². The summed E-state index contributed by atoms with van der Waals surface area (Å²) in [7, 11) is 0. The number of morpholine rings is 1. The maximum atomic E-state index is 16.4. The zero-order valence-electron chi connectivity index (χ0n) is 35.8. The monoisotopic (exact) mass is 925 g/mol. The lowest BCUT2D eigenvalue weighted by molar-refractivity contribution is -0.384. The number of fused-ring (bicyclic) bond motifs is 4. The molecule has 1 aromatic heterocycles. The van der Waals surface area contributed by atoms with Gasteiger partial charge in [-0.25, -0.2) is 14.7 Å². The Morgan fingerprint density at radius 3 is 2.24 bits per heavy atom. The smallest absolute Gasteiger partial charge is 0.421 e. The van der Waals surface area contributed by atoms with Gasteiger partial charge in [0.15, 0.2) is 5.13 Å². The van der Waals surface area contributed by atoms with Crippen LogP contribution in [0.3, 0.4) is 0 Å². The van der Waals surface area contributed by atoms with E-state index in [0.717, 1.165) is 9.60 Å². The molecule has 0 radical (unpaired) electrons. The largest absolute Gasteiger partial charge is 0.508 e. The second-order valence-corrected chi connectivity index (χ2v) is 17.5. The van der Waals surface area contributed by atoms with Crippen LogP contribution in [0.2, 0.25) is 0 Å². The number of ether oxygens (including phenoxy) is 2. The first-order chi connectivity index (χ1) is 33.1. The zero-order chi connectivity index (χ0) is 47.1. The average molecular weight is 926 g/mol. The number of aliphatic hydroxyl groups excluding tert-OH is 1. The van der Waals surface area contributed by atoms with E-state index < -0.39 is 64.4 Å². The molecule has 3 aliphatic rings. The Morgan fingerprint density at radius 1 is 0.853 bits per heavy atom. The normalized spacial score (nSPS) is 21.7. The van der Waals surface area contributed by atoms with E-state index in [1.54, 1.807) is 30.3 Å². The quantitative estimate of drug-likeness (QED) is 0.0542. The van der Waals surface area contributed by atoms with Crippen molar-refractivity contribution in [2.24, 2.45) is 5.92 Å². The van der Waals surface area contributed by atoms with Crippen molar-refractivity contribution in [3.8, 4) is 17.6 Å². The van der Waals surface area contributed by atoms with Crippen molar-refractivity contribution in [1.82, 2.24) is 9.88 Å². The second kappa shape index (κ2) is 17.9. The third-order valence-corrected chi connectivity index (χ3v) is 13.6. The van der Waals surface area contributed by atoms with Crippen molar-refractivity contribution < 1.29 is 43.8 Å². The first kappa shape index (κ1) is 43.7. The number of esters is 1. The van der Waals surface area contributed by atoms with Gasteiger partial charge in [-0.15, -0.1) is 0 Å². The molecule has 6 atom stereocenters. The minimum atomic E-state index is -2.16. The number of benzene rings is 6. The number of aliphatic hydroxyl groups is 1. The summed E-state index contributed by atoms with van der Waals surface area (Å²) in [6.45, 7) is -0.597. The fraction of sp³-hybridized carbons (Fsp3) is 0.173. The molecular formula is C52H39N5O10S. The number of anilines is 2. The number of thiazole rings is 1. The molecule has 0 unspecified atom stereocenters. The van der Waals surface area contributed by atoms with Crippen molar-refractivity contribution in [3.05, 3.63) is 195 Å². The van der Waals surface area contributed by atoms with E-state index in [4.69, 9.17) is 9.47 Å². The molecule has 2 fully saturated rings. The molecule has 6 aromatic carbocycles. The zero-order valence-corrected chi connectivity index (χ0v) is 36.6. The van der Waals surface area contributed by atoms with Gasteiger partial charge >= 0.3 is 12.1 Å². The van der Waals surface area contributed by atoms with E-state index in [-0.39, 0.29) is 47.5 Å². The van der Waals surface area contributed by atoms with Crippen LogP contribution in [0, 0.1) is 27.9 Å². The fourth-order valence-corrected chi connectivity index (χ4v) is 10.7. The third kappa shape index (κ3) is 7.48. The van der Waals surface area contributed by atoms with Crippen molar-refractivity contribution >= 4 is 61.9 Å². The molecule has 3 aliphatic heterocycles. The number of amides is 3. The molecule has 3 N–H and O–H groups in total. The number of nitrogens with zero attached hydrogens (tertiary/aromatic N) is 4. The van der Waals surface area contributed by atoms with Gasteiger partial charge in [-0.1, -0.05) is 108 Å². The fourth-order valence-electron chi connectivity index (χ4n) is 9.87. The van der Waals surface area contributed by atoms with Crippen LogP contribution in [0.25, 0.3) is 10.2 Å². The number of rotatable bonds is 9. The lowest BCUT2D eigenvalue weighted by atomic mass is 9.65. The first-order valence-electron chi connectivity index (χ1n) is 21.6. The van der Waals surface area contributed by atoms with Gasteiger partial charge in [0.2, 0.25) is 11.8 Å². The Balaban J connectivity index is 1.23. The standard InChI is InChI=1S/C52H39N5O10S/c58-28-10-9-11-31-20-27-40-38(29-31)52(49(62)55(40)51(63)66-30-32-18-23-36(24-19-32)57(64)65)42(47(60)54-50-53-39-16-7-8-17-41(39)68-50)44-48(61)67-45(34-14-5-2-6-15-34)43(33-12-3-1-4-13-33)56(44)46(52)35-21-25-37(59)26-22-35/h1-8,12-27,29,42-46,58-59H,10,28,30H2,(H,53,54,60)/t42-,43-,44-,45+,46+,52-/m1/s1. The van der Waals surface area contributed by atoms with Gasteiger partial charge < -0.3 is 25.0 Å². The summed E-state index contributed by atoms with van der Waals surface area (Å²) in [5, 5.41) is 34.9. The third-order valence-electron chi connectivity index (χ3n) is 12.6. The maximum absolute atomic E-state index is 16.4. The topological polar surface area (TPSA) is 202 Å². The Labute approximate surface area is 392 Å². The Hall–Kier alpha value is -8.23. The molecule has 2 saturated heterocycles. The lowest BCUT2D eigenvalue weighted by Crippen LogP contribution is -2.54. The number of hydrogen-bond acceptors (Lipinski definition) is 13. The number of phenolic OH excluding ortho intramolecular Hbond substituents is 1. The summed E-state index contributed by atoms with van der Waals surface area (Å²) in [5.74, 6) is 1.77. The molecule has 15 nitrogen and oxygen atoms in total. The van der Waals surface area contributed by atoms with Crippen molar-refractivity contribution in [3.63, 3.8) is 0 Å². The number of phenols is 1. The van der Waals surface area contributed by atoms with E-state index in [1.807, 2.05) is 83.8 Å². The highest BCUT2D eigenvalue weighted by Gasteiger charge is 2.76. The number of nitro benzene ring substituents is 1. The number of nitrogens with one attached hydrogen (secondary N) is 1. The Kier molecular flexibility index (Phi) is 11.5. The molecule has 3 amide bonds. The average Bonchev–Trinajstić information content (AvgIpc) is 3.99. The highest BCUT2D eigenvalue weighted by molar-refractivity contribution is 7.22. The minimum absolute atomic E-state index is 0.0575. The number of para-hydroxylation sites is 1. The van der Waals surface area contributed by atoms with Crippen LogP contribution in [-0.4, -0.2) is 61.5 Å². The van der Waals surface area contributed by atoms with E-state index in [0.29, 0.717) is 33.3 Å². The predicted octanol–water partition coefficient (Wildman–Crippen LogP) is 8.29. The number of carbonyl (C=O) groups excluding carboxylic acids is 4. The molecule has 7 aromatic rings. The number of nitro groups is 1. The highest BCUT2D eigenvalue weighted by Crippen LogP contribution is 2.66. The van der Waals surface area contributed by atoms with Crippen LogP contribution in [-0.2, 0) is 35.9 Å². The molecule has 338 valence electrons. The summed E-state index contributed by atoms with van der Waals surface area (Å²) < 4.78 is 13.1. The summed E-state index contributed by atoms with van der Waals surface area (Å²) in [4.78, 5) is 80.4. The summed E-state index contributed by atoms with van der Waals surface area (Å²) in [6, 6.07) is 38.5. The number of non-ortho nitro benzene ring substituents is 1. The molecule has 0 aliphatic carbocycles. The summed E-state index contributed by atoms with van der Waals surface area (Å²) in [6.07, 6.45) is -1.96. The van der Waals surface area contributed by atoms with Crippen LogP contribution in [0.4, 0.5) is 21.3 Å². The highest BCUT2D eigenvalue weighted by atomic mass is 32.1. The van der Waals surface area contributed by atoms with E-state index in [9.17, 15) is 25.1 Å². The molecule has 10 rings (SSSR count).